The van der Waals surface area contributed by atoms with Crippen LogP contribution in [0.2, 0.25) is 0 Å². The van der Waals surface area contributed by atoms with Crippen molar-refractivity contribution in [3.05, 3.63) is 76.9 Å². The zero-order valence-corrected chi connectivity index (χ0v) is 15.8. The van der Waals surface area contributed by atoms with Crippen LogP contribution < -0.4 is 10.8 Å². The summed E-state index contributed by atoms with van der Waals surface area (Å²) in [6.07, 6.45) is 2.37. The van der Waals surface area contributed by atoms with Gasteiger partial charge in [-0.15, -0.1) is 0 Å². The van der Waals surface area contributed by atoms with Gasteiger partial charge < -0.3 is 15.5 Å². The van der Waals surface area contributed by atoms with Crippen LogP contribution >= 0.6 is 0 Å². The molecular formula is C22H22N2O5. The lowest BCUT2D eigenvalue weighted by Gasteiger charge is -2.19. The average molecular weight is 394 g/mol. The fraction of sp³-hybridized carbons (Fsp3) is 0.182. The van der Waals surface area contributed by atoms with Crippen molar-refractivity contribution in [2.24, 2.45) is 0 Å². The number of allylic oxidation sites excluding steroid dienone is 1. The zero-order chi connectivity index (χ0) is 21.2. The Balaban J connectivity index is 1.99. The number of nitrogens with one attached hydrogen (secondary N) is 2. The minimum Gasteiger partial charge on any atom is -0.392 e. The summed E-state index contributed by atoms with van der Waals surface area (Å²) >= 11 is 0. The first kappa shape index (κ1) is 21.9. The van der Waals surface area contributed by atoms with Gasteiger partial charge in [-0.05, 0) is 54.5 Å². The van der Waals surface area contributed by atoms with Crippen molar-refractivity contribution < 1.29 is 25.0 Å². The third-order valence-electron chi connectivity index (χ3n) is 4.05. The Bertz CT molecular complexity index is 922. The van der Waals surface area contributed by atoms with Gasteiger partial charge >= 0.3 is 0 Å². The number of hydrogen-bond donors (Lipinski definition) is 5. The molecule has 2 aromatic rings. The van der Waals surface area contributed by atoms with E-state index in [2.05, 4.69) is 17.2 Å². The van der Waals surface area contributed by atoms with Crippen LogP contribution in [0.3, 0.4) is 0 Å². The van der Waals surface area contributed by atoms with E-state index in [1.807, 2.05) is 30.3 Å². The molecule has 0 saturated heterocycles. The number of aliphatic hydroxyl groups excluding tert-OH is 2. The van der Waals surface area contributed by atoms with E-state index < -0.39 is 24.0 Å². The van der Waals surface area contributed by atoms with Crippen LogP contribution in [0.5, 0.6) is 0 Å². The number of carbonyl (C=O) groups is 2. The van der Waals surface area contributed by atoms with Crippen LogP contribution in [0.4, 0.5) is 0 Å². The van der Waals surface area contributed by atoms with Crippen molar-refractivity contribution in [1.29, 1.82) is 0 Å². The van der Waals surface area contributed by atoms with Gasteiger partial charge in [0.05, 0.1) is 12.7 Å². The Morgan fingerprint density at radius 3 is 2.31 bits per heavy atom. The first-order chi connectivity index (χ1) is 13.9. The number of amides is 2. The van der Waals surface area contributed by atoms with Crippen LogP contribution in [0, 0.1) is 11.8 Å². The molecule has 7 heteroatoms. The molecular weight excluding hydrogens is 372 g/mol. The Morgan fingerprint density at radius 2 is 1.76 bits per heavy atom. The van der Waals surface area contributed by atoms with E-state index in [1.54, 1.807) is 30.3 Å². The molecule has 0 unspecified atom stereocenters. The Kier molecular flexibility index (Phi) is 8.12. The van der Waals surface area contributed by atoms with Crippen LogP contribution in [0.1, 0.15) is 34.0 Å². The van der Waals surface area contributed by atoms with E-state index >= 15 is 0 Å². The second kappa shape index (κ2) is 10.8. The second-order valence-corrected chi connectivity index (χ2v) is 6.25. The molecule has 2 atom stereocenters. The molecule has 0 aliphatic heterocycles. The summed E-state index contributed by atoms with van der Waals surface area (Å²) in [5.41, 5.74) is 4.19. The third-order valence-corrected chi connectivity index (χ3v) is 4.05. The summed E-state index contributed by atoms with van der Waals surface area (Å²) in [4.78, 5) is 23.7. The monoisotopic (exact) mass is 394 g/mol. The fourth-order valence-electron chi connectivity index (χ4n) is 2.40. The summed E-state index contributed by atoms with van der Waals surface area (Å²) in [7, 11) is 0. The SMILES string of the molecule is C[C@@H](O)[C@H](NC(=O)c1ccc(C#C/C=C/c2ccc(CO)cc2)cc1)C(=O)NO. The molecule has 0 fully saturated rings. The minimum absolute atomic E-state index is 0.00608. The maximum absolute atomic E-state index is 12.2. The van der Waals surface area contributed by atoms with Crippen molar-refractivity contribution >= 4 is 17.9 Å². The number of carbonyl (C=O) groups excluding carboxylic acids is 2. The molecule has 0 radical (unpaired) electrons. The van der Waals surface area contributed by atoms with Gasteiger partial charge in [0.25, 0.3) is 11.8 Å². The summed E-state index contributed by atoms with van der Waals surface area (Å²) in [5, 5.41) is 29.6. The van der Waals surface area contributed by atoms with E-state index in [9.17, 15) is 14.7 Å². The van der Waals surface area contributed by atoms with Gasteiger partial charge in [-0.3, -0.25) is 14.8 Å². The number of hydrogen-bond acceptors (Lipinski definition) is 5. The summed E-state index contributed by atoms with van der Waals surface area (Å²) in [6, 6.07) is 12.6. The van der Waals surface area contributed by atoms with Crippen molar-refractivity contribution in [1.82, 2.24) is 10.8 Å². The van der Waals surface area contributed by atoms with Crippen LogP contribution in [0.15, 0.2) is 54.6 Å². The Labute approximate surface area is 168 Å². The van der Waals surface area contributed by atoms with Gasteiger partial charge in [0.15, 0.2) is 0 Å². The highest BCUT2D eigenvalue weighted by molar-refractivity contribution is 5.97. The first-order valence-corrected chi connectivity index (χ1v) is 8.85. The van der Waals surface area contributed by atoms with Gasteiger partial charge in [-0.25, -0.2) is 5.48 Å². The molecule has 0 aromatic heterocycles. The lowest BCUT2D eigenvalue weighted by Crippen LogP contribution is -2.51. The van der Waals surface area contributed by atoms with Gasteiger partial charge in [0.2, 0.25) is 0 Å². The molecule has 0 bridgehead atoms. The number of benzene rings is 2. The van der Waals surface area contributed by atoms with E-state index in [1.165, 1.54) is 12.4 Å². The van der Waals surface area contributed by atoms with Gasteiger partial charge in [-0.2, -0.15) is 0 Å². The largest absolute Gasteiger partial charge is 0.392 e. The molecule has 0 spiro atoms. The van der Waals surface area contributed by atoms with E-state index in [0.717, 1.165) is 11.1 Å². The fourth-order valence-corrected chi connectivity index (χ4v) is 2.40. The minimum atomic E-state index is -1.27. The maximum Gasteiger partial charge on any atom is 0.268 e. The number of aliphatic hydroxyl groups is 2. The standard InChI is InChI=1S/C22H22N2O5/c1-15(26)20(22(28)24-29)23-21(27)19-12-10-17(11-13-19)5-3-2-4-16-6-8-18(14-25)9-7-16/h2,4,6-13,15,20,25-26,29H,14H2,1H3,(H,23,27)(H,24,28)/b4-2+/t15-,20+/m1/s1. The molecule has 0 aliphatic carbocycles. The lowest BCUT2D eigenvalue weighted by atomic mass is 10.1. The maximum atomic E-state index is 12.2. The highest BCUT2D eigenvalue weighted by Gasteiger charge is 2.25. The smallest absolute Gasteiger partial charge is 0.268 e. The van der Waals surface area contributed by atoms with E-state index in [-0.39, 0.29) is 12.2 Å². The summed E-state index contributed by atoms with van der Waals surface area (Å²) < 4.78 is 0. The number of rotatable bonds is 6. The topological polar surface area (TPSA) is 119 Å². The Hall–Kier alpha value is -3.44. The predicted octanol–water partition coefficient (Wildman–Crippen LogP) is 1.23. The highest BCUT2D eigenvalue weighted by atomic mass is 16.5. The van der Waals surface area contributed by atoms with Gasteiger partial charge in [0, 0.05) is 11.1 Å². The third kappa shape index (κ3) is 6.59. The second-order valence-electron chi connectivity index (χ2n) is 6.25. The first-order valence-electron chi connectivity index (χ1n) is 8.85. The summed E-state index contributed by atoms with van der Waals surface area (Å²) in [5.74, 6) is 4.37. The highest BCUT2D eigenvalue weighted by Crippen LogP contribution is 2.07. The normalized spacial score (nSPS) is 12.6. The average Bonchev–Trinajstić information content (AvgIpc) is 2.75. The molecule has 2 aromatic carbocycles. The number of hydroxylamine groups is 1. The molecule has 0 aliphatic rings. The van der Waals surface area contributed by atoms with Crippen molar-refractivity contribution in [3.8, 4) is 11.8 Å². The lowest BCUT2D eigenvalue weighted by molar-refractivity contribution is -0.133. The molecule has 29 heavy (non-hydrogen) atoms. The van der Waals surface area contributed by atoms with E-state index in [0.29, 0.717) is 5.56 Å². The molecule has 0 saturated carbocycles. The van der Waals surface area contributed by atoms with Gasteiger partial charge in [-0.1, -0.05) is 36.1 Å². The molecule has 0 heterocycles. The van der Waals surface area contributed by atoms with Crippen LogP contribution in [-0.4, -0.2) is 39.4 Å². The molecule has 5 N–H and O–H groups in total. The van der Waals surface area contributed by atoms with Crippen molar-refractivity contribution in [2.45, 2.75) is 25.7 Å². The predicted molar refractivity (Wildman–Crippen MR) is 108 cm³/mol. The molecule has 7 nitrogen and oxygen atoms in total. The molecule has 150 valence electrons. The Morgan fingerprint density at radius 1 is 1.10 bits per heavy atom. The van der Waals surface area contributed by atoms with Crippen molar-refractivity contribution in [3.63, 3.8) is 0 Å². The summed E-state index contributed by atoms with van der Waals surface area (Å²) in [6.45, 7) is 1.33. The zero-order valence-electron chi connectivity index (χ0n) is 15.8. The van der Waals surface area contributed by atoms with Crippen LogP contribution in [0.25, 0.3) is 6.08 Å². The molecule has 2 rings (SSSR count). The van der Waals surface area contributed by atoms with Crippen molar-refractivity contribution in [2.75, 3.05) is 0 Å². The quantitative estimate of drug-likeness (QED) is 0.287. The van der Waals surface area contributed by atoms with E-state index in [4.69, 9.17) is 10.3 Å². The van der Waals surface area contributed by atoms with Gasteiger partial charge in [0.1, 0.15) is 6.04 Å². The van der Waals surface area contributed by atoms with Crippen LogP contribution in [-0.2, 0) is 11.4 Å². The molecule has 2 amide bonds.